The standard InChI is InChI=1S/C28H27F4NO/c1-16(2)26-21(13-17-3-7-19(8-4-17)28(30,31)32)24(18-5-9-20(29)10-6-18)25-22(33-26)14-27(11-12-27)15-23(25)34/h3-10,16,23,34H,11-15H2,1-2H3. The van der Waals surface area contributed by atoms with Gasteiger partial charge < -0.3 is 5.11 Å². The van der Waals surface area contributed by atoms with E-state index in [0.717, 1.165) is 70.6 Å². The molecule has 1 heterocycles. The lowest BCUT2D eigenvalue weighted by Gasteiger charge is -2.33. The fourth-order valence-corrected chi connectivity index (χ4v) is 5.32. The van der Waals surface area contributed by atoms with Crippen LogP contribution in [0.1, 0.15) is 78.8 Å². The Kier molecular flexibility index (Phi) is 5.55. The third kappa shape index (κ3) is 4.24. The molecular formula is C28H27F4NO. The van der Waals surface area contributed by atoms with Crippen molar-refractivity contribution in [1.29, 1.82) is 0 Å². The number of benzene rings is 2. The molecule has 0 bridgehead atoms. The molecule has 6 heteroatoms. The second-order valence-electron chi connectivity index (χ2n) is 10.1. The van der Waals surface area contributed by atoms with Crippen molar-refractivity contribution in [1.82, 2.24) is 4.98 Å². The van der Waals surface area contributed by atoms with E-state index in [-0.39, 0.29) is 17.2 Å². The quantitative estimate of drug-likeness (QED) is 0.405. The van der Waals surface area contributed by atoms with Gasteiger partial charge >= 0.3 is 6.18 Å². The molecule has 178 valence electrons. The highest BCUT2D eigenvalue weighted by atomic mass is 19.4. The highest BCUT2D eigenvalue weighted by Crippen LogP contribution is 2.58. The fourth-order valence-electron chi connectivity index (χ4n) is 5.32. The highest BCUT2D eigenvalue weighted by molar-refractivity contribution is 5.74. The molecule has 1 aromatic heterocycles. The molecule has 1 N–H and O–H groups in total. The topological polar surface area (TPSA) is 33.1 Å². The van der Waals surface area contributed by atoms with Gasteiger partial charge in [0, 0.05) is 17.0 Å². The first-order chi connectivity index (χ1) is 16.1. The number of hydrogen-bond donors (Lipinski definition) is 1. The summed E-state index contributed by atoms with van der Waals surface area (Å²) in [6.07, 6.45) is -1.03. The van der Waals surface area contributed by atoms with E-state index in [0.29, 0.717) is 12.8 Å². The number of pyridine rings is 1. The molecular weight excluding hydrogens is 442 g/mol. The summed E-state index contributed by atoms with van der Waals surface area (Å²) in [5, 5.41) is 11.2. The van der Waals surface area contributed by atoms with Crippen LogP contribution >= 0.6 is 0 Å². The van der Waals surface area contributed by atoms with Gasteiger partial charge in [0.2, 0.25) is 0 Å². The van der Waals surface area contributed by atoms with Crippen molar-refractivity contribution in [2.75, 3.05) is 0 Å². The van der Waals surface area contributed by atoms with Gasteiger partial charge in [-0.2, -0.15) is 13.2 Å². The van der Waals surface area contributed by atoms with E-state index in [1.165, 1.54) is 24.3 Å². The second-order valence-corrected chi connectivity index (χ2v) is 10.1. The molecule has 1 saturated carbocycles. The van der Waals surface area contributed by atoms with Crippen LogP contribution in [-0.2, 0) is 19.0 Å². The van der Waals surface area contributed by atoms with Gasteiger partial charge in [0.1, 0.15) is 5.82 Å². The monoisotopic (exact) mass is 469 g/mol. The van der Waals surface area contributed by atoms with Crippen LogP contribution < -0.4 is 0 Å². The molecule has 2 aliphatic carbocycles. The zero-order valence-electron chi connectivity index (χ0n) is 19.2. The summed E-state index contributed by atoms with van der Waals surface area (Å²) in [6, 6.07) is 11.4. The minimum atomic E-state index is -4.39. The molecule has 5 rings (SSSR count). The Morgan fingerprint density at radius 3 is 2.24 bits per heavy atom. The van der Waals surface area contributed by atoms with Crippen LogP contribution in [0.15, 0.2) is 48.5 Å². The van der Waals surface area contributed by atoms with Crippen LogP contribution in [0.5, 0.6) is 0 Å². The first kappa shape index (κ1) is 23.0. The number of alkyl halides is 3. The molecule has 1 fully saturated rings. The summed E-state index contributed by atoms with van der Waals surface area (Å²) >= 11 is 0. The summed E-state index contributed by atoms with van der Waals surface area (Å²) in [7, 11) is 0. The predicted molar refractivity (Wildman–Crippen MR) is 123 cm³/mol. The van der Waals surface area contributed by atoms with E-state index in [9.17, 15) is 22.7 Å². The van der Waals surface area contributed by atoms with Gasteiger partial charge in [-0.05, 0) is 90.0 Å². The number of hydrogen-bond acceptors (Lipinski definition) is 2. The van der Waals surface area contributed by atoms with E-state index < -0.39 is 17.8 Å². The van der Waals surface area contributed by atoms with Crippen molar-refractivity contribution in [3.8, 4) is 11.1 Å². The number of aliphatic hydroxyl groups excluding tert-OH is 1. The molecule has 2 aromatic carbocycles. The highest BCUT2D eigenvalue weighted by Gasteiger charge is 2.49. The molecule has 34 heavy (non-hydrogen) atoms. The van der Waals surface area contributed by atoms with Crippen molar-refractivity contribution in [3.05, 3.63) is 88.0 Å². The third-order valence-electron chi connectivity index (χ3n) is 7.25. The van der Waals surface area contributed by atoms with Gasteiger partial charge in [-0.3, -0.25) is 4.98 Å². The zero-order chi connectivity index (χ0) is 24.3. The predicted octanol–water partition coefficient (Wildman–Crippen LogP) is 7.38. The largest absolute Gasteiger partial charge is 0.416 e. The molecule has 1 spiro atoms. The molecule has 1 unspecified atom stereocenters. The van der Waals surface area contributed by atoms with Gasteiger partial charge in [-0.1, -0.05) is 38.1 Å². The maximum atomic E-state index is 13.8. The van der Waals surface area contributed by atoms with Crippen LogP contribution in [0.25, 0.3) is 11.1 Å². The van der Waals surface area contributed by atoms with E-state index >= 15 is 0 Å². The third-order valence-corrected chi connectivity index (χ3v) is 7.25. The van der Waals surface area contributed by atoms with E-state index in [4.69, 9.17) is 4.98 Å². The lowest BCUT2D eigenvalue weighted by molar-refractivity contribution is -0.137. The average molecular weight is 470 g/mol. The number of aliphatic hydroxyl groups is 1. The summed E-state index contributed by atoms with van der Waals surface area (Å²) in [6.45, 7) is 4.09. The smallest absolute Gasteiger partial charge is 0.388 e. The van der Waals surface area contributed by atoms with Gasteiger partial charge in [-0.25, -0.2) is 4.39 Å². The van der Waals surface area contributed by atoms with Gasteiger partial charge in [0.05, 0.1) is 11.7 Å². The first-order valence-electron chi connectivity index (χ1n) is 11.7. The van der Waals surface area contributed by atoms with Crippen LogP contribution in [0.4, 0.5) is 17.6 Å². The van der Waals surface area contributed by atoms with Gasteiger partial charge in [0.15, 0.2) is 0 Å². The summed E-state index contributed by atoms with van der Waals surface area (Å²) in [4.78, 5) is 5.04. The van der Waals surface area contributed by atoms with Crippen LogP contribution in [0.3, 0.4) is 0 Å². The van der Waals surface area contributed by atoms with Crippen molar-refractivity contribution in [3.63, 3.8) is 0 Å². The number of nitrogens with zero attached hydrogens (tertiary/aromatic N) is 1. The van der Waals surface area contributed by atoms with E-state index in [2.05, 4.69) is 0 Å². The Bertz CT molecular complexity index is 1210. The van der Waals surface area contributed by atoms with Crippen LogP contribution in [0.2, 0.25) is 0 Å². The molecule has 2 nitrogen and oxygen atoms in total. The molecule has 1 atom stereocenters. The Hall–Kier alpha value is -2.73. The van der Waals surface area contributed by atoms with Crippen molar-refractivity contribution in [2.24, 2.45) is 5.41 Å². The van der Waals surface area contributed by atoms with Crippen molar-refractivity contribution < 1.29 is 22.7 Å². The second kappa shape index (κ2) is 8.19. The summed E-state index contributed by atoms with van der Waals surface area (Å²) < 4.78 is 53.0. The molecule has 0 amide bonds. The van der Waals surface area contributed by atoms with Gasteiger partial charge in [-0.15, -0.1) is 0 Å². The maximum Gasteiger partial charge on any atom is 0.416 e. The van der Waals surface area contributed by atoms with Crippen molar-refractivity contribution in [2.45, 2.75) is 64.1 Å². The minimum absolute atomic E-state index is 0.0724. The molecule has 0 radical (unpaired) electrons. The molecule has 0 aliphatic heterocycles. The van der Waals surface area contributed by atoms with Gasteiger partial charge in [0.25, 0.3) is 0 Å². The number of aromatic nitrogens is 1. The Balaban J connectivity index is 1.69. The average Bonchev–Trinajstić information content (AvgIpc) is 3.51. The molecule has 2 aliphatic rings. The number of halogens is 4. The zero-order valence-corrected chi connectivity index (χ0v) is 19.2. The Morgan fingerprint density at radius 1 is 1.03 bits per heavy atom. The number of rotatable bonds is 4. The Morgan fingerprint density at radius 2 is 1.68 bits per heavy atom. The lowest BCUT2D eigenvalue weighted by atomic mass is 9.76. The number of fused-ring (bicyclic) bond motifs is 1. The van der Waals surface area contributed by atoms with Crippen molar-refractivity contribution >= 4 is 0 Å². The molecule has 0 saturated heterocycles. The van der Waals surface area contributed by atoms with E-state index in [1.807, 2.05) is 13.8 Å². The minimum Gasteiger partial charge on any atom is -0.388 e. The summed E-state index contributed by atoms with van der Waals surface area (Å²) in [5.74, 6) is -0.277. The van der Waals surface area contributed by atoms with Crippen LogP contribution in [0, 0.1) is 11.2 Å². The van der Waals surface area contributed by atoms with Crippen LogP contribution in [-0.4, -0.2) is 10.1 Å². The molecule has 3 aromatic rings. The maximum absolute atomic E-state index is 13.8. The summed E-state index contributed by atoms with van der Waals surface area (Å²) in [5.41, 5.74) is 5.24. The first-order valence-corrected chi connectivity index (χ1v) is 11.7. The normalized spacial score (nSPS) is 18.9. The Labute approximate surface area is 196 Å². The van der Waals surface area contributed by atoms with E-state index in [1.54, 1.807) is 12.1 Å². The SMILES string of the molecule is CC(C)c1nc2c(c(-c3ccc(F)cc3)c1Cc1ccc(C(F)(F)F)cc1)C(O)CC1(CC1)C2. The lowest BCUT2D eigenvalue weighted by Crippen LogP contribution is -2.24. The fraction of sp³-hybridized carbons (Fsp3) is 0.393.